The van der Waals surface area contributed by atoms with Gasteiger partial charge in [-0.05, 0) is 32.2 Å². The third-order valence-corrected chi connectivity index (χ3v) is 5.45. The van der Waals surface area contributed by atoms with Crippen molar-refractivity contribution in [3.05, 3.63) is 0 Å². The molecule has 0 aromatic heterocycles. The lowest BCUT2D eigenvalue weighted by Crippen LogP contribution is -2.43. The van der Waals surface area contributed by atoms with Crippen molar-refractivity contribution in [2.75, 3.05) is 6.54 Å². The van der Waals surface area contributed by atoms with E-state index in [0.717, 1.165) is 12.1 Å². The molecular weight excluding hydrogens is 230 g/mol. The fourth-order valence-electron chi connectivity index (χ4n) is 4.35. The molecular formula is C18H35N. The monoisotopic (exact) mass is 265 g/mol. The minimum atomic E-state index is 0.912. The standard InChI is InChI=1S/C18H35N/c1-2-19(17-13-9-5-3-6-10-14-17)18-15-11-7-4-8-12-16-18/h17-18H,2-16H2,1H3. The summed E-state index contributed by atoms with van der Waals surface area (Å²) < 4.78 is 0. The maximum atomic E-state index is 2.91. The van der Waals surface area contributed by atoms with Gasteiger partial charge in [0.2, 0.25) is 0 Å². The SMILES string of the molecule is CCN(C1CCCCCCC1)C1CCCCCCC1. The van der Waals surface area contributed by atoms with Gasteiger partial charge in [0.15, 0.2) is 0 Å². The molecule has 0 aliphatic heterocycles. The third kappa shape index (κ3) is 5.10. The predicted octanol–water partition coefficient (Wildman–Crippen LogP) is 5.53. The summed E-state index contributed by atoms with van der Waals surface area (Å²) in [6, 6.07) is 1.82. The van der Waals surface area contributed by atoms with Crippen LogP contribution in [0.2, 0.25) is 0 Å². The minimum absolute atomic E-state index is 0.912. The lowest BCUT2D eigenvalue weighted by Gasteiger charge is -2.39. The van der Waals surface area contributed by atoms with Crippen molar-refractivity contribution >= 4 is 0 Å². The molecule has 0 saturated heterocycles. The molecule has 0 atom stereocenters. The Morgan fingerprint density at radius 3 is 1.21 bits per heavy atom. The van der Waals surface area contributed by atoms with Crippen LogP contribution in [0.4, 0.5) is 0 Å². The van der Waals surface area contributed by atoms with E-state index in [1.165, 1.54) is 96.4 Å². The highest BCUT2D eigenvalue weighted by atomic mass is 15.2. The Balaban J connectivity index is 1.91. The van der Waals surface area contributed by atoms with Crippen LogP contribution in [0.15, 0.2) is 0 Å². The second-order valence-electron chi connectivity index (χ2n) is 6.83. The van der Waals surface area contributed by atoms with Gasteiger partial charge in [-0.2, -0.15) is 0 Å². The zero-order valence-corrected chi connectivity index (χ0v) is 13.2. The van der Waals surface area contributed by atoms with Gasteiger partial charge in [0.1, 0.15) is 0 Å². The third-order valence-electron chi connectivity index (χ3n) is 5.45. The van der Waals surface area contributed by atoms with Crippen molar-refractivity contribution in [3.63, 3.8) is 0 Å². The van der Waals surface area contributed by atoms with Crippen molar-refractivity contribution < 1.29 is 0 Å². The molecule has 0 unspecified atom stereocenters. The average Bonchev–Trinajstić information content (AvgIpc) is 2.34. The smallest absolute Gasteiger partial charge is 0.00980 e. The molecule has 1 heteroatoms. The Morgan fingerprint density at radius 2 is 0.895 bits per heavy atom. The van der Waals surface area contributed by atoms with Crippen molar-refractivity contribution in [2.24, 2.45) is 0 Å². The fraction of sp³-hybridized carbons (Fsp3) is 1.00. The van der Waals surface area contributed by atoms with Crippen LogP contribution in [0.5, 0.6) is 0 Å². The van der Waals surface area contributed by atoms with Gasteiger partial charge in [-0.25, -0.2) is 0 Å². The van der Waals surface area contributed by atoms with E-state index in [9.17, 15) is 0 Å². The first-order chi connectivity index (χ1) is 9.42. The molecule has 0 bridgehead atoms. The largest absolute Gasteiger partial charge is 0.298 e. The van der Waals surface area contributed by atoms with Gasteiger partial charge in [-0.3, -0.25) is 4.90 Å². The maximum Gasteiger partial charge on any atom is 0.00980 e. The van der Waals surface area contributed by atoms with Crippen LogP contribution >= 0.6 is 0 Å². The Kier molecular flexibility index (Phi) is 7.27. The highest BCUT2D eigenvalue weighted by Crippen LogP contribution is 2.28. The summed E-state index contributed by atoms with van der Waals surface area (Å²) in [5, 5.41) is 0. The van der Waals surface area contributed by atoms with Crippen LogP contribution in [0.1, 0.15) is 96.8 Å². The molecule has 2 fully saturated rings. The van der Waals surface area contributed by atoms with Gasteiger partial charge >= 0.3 is 0 Å². The summed E-state index contributed by atoms with van der Waals surface area (Å²) in [6.07, 6.45) is 20.7. The number of hydrogen-bond donors (Lipinski definition) is 0. The van der Waals surface area contributed by atoms with Crippen LogP contribution < -0.4 is 0 Å². The number of nitrogens with zero attached hydrogens (tertiary/aromatic N) is 1. The molecule has 0 aromatic carbocycles. The lowest BCUT2D eigenvalue weighted by molar-refractivity contribution is 0.0996. The van der Waals surface area contributed by atoms with Crippen molar-refractivity contribution in [1.29, 1.82) is 0 Å². The zero-order chi connectivity index (χ0) is 13.3. The molecule has 0 heterocycles. The van der Waals surface area contributed by atoms with E-state index < -0.39 is 0 Å². The summed E-state index contributed by atoms with van der Waals surface area (Å²) in [4.78, 5) is 2.91. The molecule has 0 aromatic rings. The average molecular weight is 265 g/mol. The van der Waals surface area contributed by atoms with Gasteiger partial charge in [0, 0.05) is 12.1 Å². The summed E-state index contributed by atoms with van der Waals surface area (Å²) >= 11 is 0. The van der Waals surface area contributed by atoms with Crippen LogP contribution in [-0.2, 0) is 0 Å². The molecule has 1 nitrogen and oxygen atoms in total. The van der Waals surface area contributed by atoms with E-state index in [1.54, 1.807) is 0 Å². The quantitative estimate of drug-likeness (QED) is 0.648. The topological polar surface area (TPSA) is 3.24 Å². The van der Waals surface area contributed by atoms with E-state index in [-0.39, 0.29) is 0 Å². The molecule has 0 radical (unpaired) electrons. The number of hydrogen-bond acceptors (Lipinski definition) is 1. The molecule has 112 valence electrons. The predicted molar refractivity (Wildman–Crippen MR) is 84.6 cm³/mol. The van der Waals surface area contributed by atoms with Gasteiger partial charge in [-0.1, -0.05) is 71.1 Å². The Bertz CT molecular complexity index is 188. The molecule has 2 aliphatic rings. The molecule has 0 spiro atoms. The summed E-state index contributed by atoms with van der Waals surface area (Å²) in [6.45, 7) is 3.69. The van der Waals surface area contributed by atoms with Crippen molar-refractivity contribution in [2.45, 2.75) is 109 Å². The van der Waals surface area contributed by atoms with Crippen LogP contribution in [-0.4, -0.2) is 23.5 Å². The lowest BCUT2D eigenvalue weighted by atomic mass is 9.90. The molecule has 0 N–H and O–H groups in total. The summed E-state index contributed by atoms with van der Waals surface area (Å²) in [5.74, 6) is 0. The first-order valence-electron chi connectivity index (χ1n) is 9.17. The Labute approximate surface area is 121 Å². The fourth-order valence-corrected chi connectivity index (χ4v) is 4.35. The number of rotatable bonds is 3. The van der Waals surface area contributed by atoms with E-state index in [0.29, 0.717) is 0 Å². The normalized spacial score (nSPS) is 25.6. The van der Waals surface area contributed by atoms with Crippen LogP contribution in [0.3, 0.4) is 0 Å². The van der Waals surface area contributed by atoms with Gasteiger partial charge in [-0.15, -0.1) is 0 Å². The highest BCUT2D eigenvalue weighted by molar-refractivity contribution is 4.81. The minimum Gasteiger partial charge on any atom is -0.298 e. The second-order valence-corrected chi connectivity index (χ2v) is 6.83. The second kappa shape index (κ2) is 9.00. The van der Waals surface area contributed by atoms with Crippen LogP contribution in [0.25, 0.3) is 0 Å². The van der Waals surface area contributed by atoms with Crippen molar-refractivity contribution in [1.82, 2.24) is 4.90 Å². The summed E-state index contributed by atoms with van der Waals surface area (Å²) in [5.41, 5.74) is 0. The molecule has 0 amide bonds. The molecule has 2 rings (SSSR count). The van der Waals surface area contributed by atoms with Crippen molar-refractivity contribution in [3.8, 4) is 0 Å². The molecule has 2 saturated carbocycles. The van der Waals surface area contributed by atoms with Crippen LogP contribution in [0, 0.1) is 0 Å². The Hall–Kier alpha value is -0.0400. The summed E-state index contributed by atoms with van der Waals surface area (Å²) in [7, 11) is 0. The first-order valence-corrected chi connectivity index (χ1v) is 9.17. The van der Waals surface area contributed by atoms with E-state index >= 15 is 0 Å². The highest BCUT2D eigenvalue weighted by Gasteiger charge is 2.25. The Morgan fingerprint density at radius 1 is 0.579 bits per heavy atom. The molecule has 19 heavy (non-hydrogen) atoms. The van der Waals surface area contributed by atoms with Gasteiger partial charge in [0.05, 0.1) is 0 Å². The van der Waals surface area contributed by atoms with Gasteiger partial charge < -0.3 is 0 Å². The first kappa shape index (κ1) is 15.4. The van der Waals surface area contributed by atoms with E-state index in [2.05, 4.69) is 11.8 Å². The maximum absolute atomic E-state index is 2.91. The zero-order valence-electron chi connectivity index (χ0n) is 13.2. The van der Waals surface area contributed by atoms with E-state index in [4.69, 9.17) is 0 Å². The molecule has 2 aliphatic carbocycles. The van der Waals surface area contributed by atoms with E-state index in [1.807, 2.05) is 0 Å². The van der Waals surface area contributed by atoms with Gasteiger partial charge in [0.25, 0.3) is 0 Å².